The van der Waals surface area contributed by atoms with Crippen molar-refractivity contribution in [2.45, 2.75) is 81.6 Å². The maximum Gasteiger partial charge on any atom is 0.303 e. The molecule has 152 valence electrons. The fraction of sp³-hybridized carbons (Fsp3) is 0.682. The number of hydrogen-bond donors (Lipinski definition) is 3. The lowest BCUT2D eigenvalue weighted by molar-refractivity contribution is -0.137. The molecule has 1 aliphatic rings. The van der Waals surface area contributed by atoms with Gasteiger partial charge in [0.1, 0.15) is 0 Å². The molecule has 0 unspecified atom stereocenters. The summed E-state index contributed by atoms with van der Waals surface area (Å²) in [7, 11) is 0. The number of hydrogen-bond acceptors (Lipinski definition) is 3. The number of aliphatic carboxylic acids is 1. The number of carboxylic acids is 1. The number of halogens is 1. The van der Waals surface area contributed by atoms with E-state index in [0.29, 0.717) is 6.42 Å². The Hall–Kier alpha value is -1.10. The van der Waals surface area contributed by atoms with Crippen LogP contribution in [0.2, 0.25) is 0 Å². The summed E-state index contributed by atoms with van der Waals surface area (Å²) in [4.78, 5) is 10.6. The van der Waals surface area contributed by atoms with Gasteiger partial charge < -0.3 is 15.3 Å². The molecule has 2 rings (SSSR count). The van der Waals surface area contributed by atoms with Crippen molar-refractivity contribution in [3.05, 3.63) is 35.4 Å². The highest BCUT2D eigenvalue weighted by Crippen LogP contribution is 2.45. The third-order valence-corrected chi connectivity index (χ3v) is 6.46. The van der Waals surface area contributed by atoms with Gasteiger partial charge in [-0.3, -0.25) is 4.79 Å². The Labute approximate surface area is 167 Å². The Bertz CT molecular complexity index is 599. The number of alkyl halides is 1. The third kappa shape index (κ3) is 5.94. The normalized spacial score (nSPS) is 25.7. The molecule has 3 N–H and O–H groups in total. The molecule has 27 heavy (non-hydrogen) atoms. The molecule has 5 heteroatoms. The fourth-order valence-corrected chi connectivity index (χ4v) is 4.62. The van der Waals surface area contributed by atoms with E-state index in [4.69, 9.17) is 16.7 Å². The van der Waals surface area contributed by atoms with E-state index in [-0.39, 0.29) is 35.7 Å². The number of aliphatic hydroxyl groups excluding tert-OH is 2. The van der Waals surface area contributed by atoms with Gasteiger partial charge in [-0.05, 0) is 36.3 Å². The molecule has 0 radical (unpaired) electrons. The quantitative estimate of drug-likeness (QED) is 0.403. The van der Waals surface area contributed by atoms with Gasteiger partial charge in [-0.15, -0.1) is 11.6 Å². The van der Waals surface area contributed by atoms with E-state index in [1.165, 1.54) is 0 Å². The largest absolute Gasteiger partial charge is 0.481 e. The van der Waals surface area contributed by atoms with E-state index in [1.807, 2.05) is 26.0 Å². The summed E-state index contributed by atoms with van der Waals surface area (Å²) in [5, 5.41) is 28.8. The maximum absolute atomic E-state index is 10.6. The Kier molecular flexibility index (Phi) is 8.14. The molecule has 1 saturated carbocycles. The summed E-state index contributed by atoms with van der Waals surface area (Å²) < 4.78 is 0. The van der Waals surface area contributed by atoms with Crippen LogP contribution in [0.25, 0.3) is 0 Å². The zero-order valence-corrected chi connectivity index (χ0v) is 17.2. The van der Waals surface area contributed by atoms with Gasteiger partial charge in [0.05, 0.1) is 12.7 Å². The minimum atomic E-state index is -0.734. The molecule has 0 spiro atoms. The van der Waals surface area contributed by atoms with Crippen LogP contribution < -0.4 is 0 Å². The van der Waals surface area contributed by atoms with Crippen molar-refractivity contribution in [1.29, 1.82) is 0 Å². The standard InChI is InChI=1S/C22H33ClO4/c1-22(2,14-24)16-11-9-15(10-12-16)21-17(18(23)13-19(21)25)7-5-3-4-6-8-20(26)27/h9-12,17-19,21,24-25H,3-8,13-14H2,1-2H3,(H,26,27)/t17-,18+,19+,21+/m0/s1. The van der Waals surface area contributed by atoms with Gasteiger partial charge in [0.2, 0.25) is 0 Å². The van der Waals surface area contributed by atoms with E-state index < -0.39 is 12.1 Å². The molecule has 0 aromatic heterocycles. The van der Waals surface area contributed by atoms with Crippen LogP contribution in [0.1, 0.15) is 75.8 Å². The Balaban J connectivity index is 1.97. The van der Waals surface area contributed by atoms with Crippen LogP contribution in [0.4, 0.5) is 0 Å². The number of benzene rings is 1. The van der Waals surface area contributed by atoms with Gasteiger partial charge in [-0.1, -0.05) is 57.4 Å². The minimum absolute atomic E-state index is 0.0300. The van der Waals surface area contributed by atoms with Crippen molar-refractivity contribution >= 4 is 17.6 Å². The lowest BCUT2D eigenvalue weighted by Crippen LogP contribution is -2.23. The summed E-state index contributed by atoms with van der Waals surface area (Å²) in [6.07, 6.45) is 5.02. The van der Waals surface area contributed by atoms with Crippen molar-refractivity contribution in [3.8, 4) is 0 Å². The average Bonchev–Trinajstić information content (AvgIpc) is 2.91. The predicted octanol–water partition coefficient (Wildman–Crippen LogP) is 4.45. The molecule has 1 fully saturated rings. The zero-order chi connectivity index (χ0) is 20.0. The molecule has 1 aromatic rings. The first kappa shape index (κ1) is 22.2. The summed E-state index contributed by atoms with van der Waals surface area (Å²) in [6.45, 7) is 4.11. The number of rotatable bonds is 10. The minimum Gasteiger partial charge on any atom is -0.481 e. The Morgan fingerprint density at radius 1 is 1.15 bits per heavy atom. The molecule has 4 nitrogen and oxygen atoms in total. The third-order valence-electron chi connectivity index (χ3n) is 5.96. The number of unbranched alkanes of at least 4 members (excludes halogenated alkanes) is 3. The first-order valence-corrected chi connectivity index (χ1v) is 10.4. The summed E-state index contributed by atoms with van der Waals surface area (Å²) >= 11 is 6.55. The smallest absolute Gasteiger partial charge is 0.303 e. The number of carboxylic acid groups (broad SMARTS) is 1. The SMILES string of the molecule is CC(C)(CO)c1ccc([C@@H]2[C@@H](CCCCCCC(=O)O)[C@H](Cl)C[C@H]2O)cc1. The first-order valence-electron chi connectivity index (χ1n) is 10.0. The molecule has 0 saturated heterocycles. The molecular formula is C22H33ClO4. The van der Waals surface area contributed by atoms with E-state index in [0.717, 1.165) is 43.2 Å². The summed E-state index contributed by atoms with van der Waals surface area (Å²) in [5.41, 5.74) is 1.91. The van der Waals surface area contributed by atoms with Crippen LogP contribution in [-0.4, -0.2) is 39.4 Å². The zero-order valence-electron chi connectivity index (χ0n) is 16.4. The molecule has 0 amide bonds. The average molecular weight is 397 g/mol. The van der Waals surface area contributed by atoms with Gasteiger partial charge in [-0.25, -0.2) is 0 Å². The van der Waals surface area contributed by atoms with E-state index in [2.05, 4.69) is 12.1 Å². The molecule has 1 aromatic carbocycles. The predicted molar refractivity (Wildman–Crippen MR) is 108 cm³/mol. The van der Waals surface area contributed by atoms with Crippen LogP contribution in [-0.2, 0) is 10.2 Å². The second-order valence-corrected chi connectivity index (χ2v) is 9.08. The highest BCUT2D eigenvalue weighted by atomic mass is 35.5. The van der Waals surface area contributed by atoms with Crippen LogP contribution in [0.3, 0.4) is 0 Å². The van der Waals surface area contributed by atoms with Crippen molar-refractivity contribution in [2.24, 2.45) is 5.92 Å². The van der Waals surface area contributed by atoms with Crippen molar-refractivity contribution in [2.75, 3.05) is 6.61 Å². The van der Waals surface area contributed by atoms with E-state index in [1.54, 1.807) is 0 Å². The van der Waals surface area contributed by atoms with Gasteiger partial charge in [0.15, 0.2) is 0 Å². The highest BCUT2D eigenvalue weighted by molar-refractivity contribution is 6.21. The number of carbonyl (C=O) groups is 1. The van der Waals surface area contributed by atoms with Crippen LogP contribution >= 0.6 is 11.6 Å². The summed E-state index contributed by atoms with van der Waals surface area (Å²) in [6, 6.07) is 8.22. The summed E-state index contributed by atoms with van der Waals surface area (Å²) in [5.74, 6) is -0.460. The van der Waals surface area contributed by atoms with Gasteiger partial charge in [-0.2, -0.15) is 0 Å². The maximum atomic E-state index is 10.6. The molecule has 1 aliphatic carbocycles. The second-order valence-electron chi connectivity index (χ2n) is 8.52. The van der Waals surface area contributed by atoms with Crippen LogP contribution in [0, 0.1) is 5.92 Å². The Morgan fingerprint density at radius 3 is 2.37 bits per heavy atom. The first-order chi connectivity index (χ1) is 12.8. The van der Waals surface area contributed by atoms with Crippen LogP contribution in [0.5, 0.6) is 0 Å². The van der Waals surface area contributed by atoms with Crippen molar-refractivity contribution in [3.63, 3.8) is 0 Å². The molecule has 0 bridgehead atoms. The molecule has 4 atom stereocenters. The van der Waals surface area contributed by atoms with Crippen molar-refractivity contribution < 1.29 is 20.1 Å². The van der Waals surface area contributed by atoms with Gasteiger partial charge >= 0.3 is 5.97 Å². The lowest BCUT2D eigenvalue weighted by Gasteiger charge is -2.26. The van der Waals surface area contributed by atoms with Crippen LogP contribution in [0.15, 0.2) is 24.3 Å². The van der Waals surface area contributed by atoms with Gasteiger partial charge in [0.25, 0.3) is 0 Å². The van der Waals surface area contributed by atoms with Gasteiger partial charge in [0, 0.05) is 23.1 Å². The second kappa shape index (κ2) is 9.90. The Morgan fingerprint density at radius 2 is 1.78 bits per heavy atom. The molecule has 0 aliphatic heterocycles. The molecular weight excluding hydrogens is 364 g/mol. The topological polar surface area (TPSA) is 77.8 Å². The highest BCUT2D eigenvalue weighted by Gasteiger charge is 2.41. The fourth-order valence-electron chi connectivity index (χ4n) is 4.15. The number of aliphatic hydroxyl groups is 2. The van der Waals surface area contributed by atoms with E-state index >= 15 is 0 Å². The van der Waals surface area contributed by atoms with Crippen molar-refractivity contribution in [1.82, 2.24) is 0 Å². The lowest BCUT2D eigenvalue weighted by atomic mass is 9.81. The van der Waals surface area contributed by atoms with E-state index in [9.17, 15) is 15.0 Å². The monoisotopic (exact) mass is 396 g/mol. The molecule has 0 heterocycles.